The van der Waals surface area contributed by atoms with Crippen LogP contribution >= 0.6 is 11.6 Å². The van der Waals surface area contributed by atoms with Gasteiger partial charge in [0.25, 0.3) is 5.91 Å². The molecule has 0 radical (unpaired) electrons. The molecule has 3 N–H and O–H groups in total. The van der Waals surface area contributed by atoms with E-state index in [1.165, 1.54) is 11.1 Å². The Kier molecular flexibility index (Phi) is 5.13. The zero-order chi connectivity index (χ0) is 18.7. The lowest BCUT2D eigenvalue weighted by molar-refractivity contribution is -0.122. The van der Waals surface area contributed by atoms with Crippen LogP contribution in [0.5, 0.6) is 0 Å². The van der Waals surface area contributed by atoms with Crippen molar-refractivity contribution in [3.63, 3.8) is 0 Å². The Morgan fingerprint density at radius 3 is 2.92 bits per heavy atom. The zero-order valence-corrected chi connectivity index (χ0v) is 14.4. The van der Waals surface area contributed by atoms with Gasteiger partial charge in [0.05, 0.1) is 0 Å². The molecule has 0 aliphatic carbocycles. The highest BCUT2D eigenvalue weighted by Crippen LogP contribution is 2.32. The van der Waals surface area contributed by atoms with Crippen LogP contribution < -0.4 is 11.1 Å². The molecule has 1 unspecified atom stereocenters. The first-order chi connectivity index (χ1) is 12.5. The van der Waals surface area contributed by atoms with Crippen LogP contribution in [0.15, 0.2) is 30.5 Å². The van der Waals surface area contributed by atoms with Gasteiger partial charge in [-0.05, 0) is 36.2 Å². The maximum atomic E-state index is 12.7. The van der Waals surface area contributed by atoms with Crippen LogP contribution in [0.2, 0.25) is 5.28 Å². The lowest BCUT2D eigenvalue weighted by Crippen LogP contribution is -2.44. The van der Waals surface area contributed by atoms with Gasteiger partial charge in [-0.3, -0.25) is 9.59 Å². The van der Waals surface area contributed by atoms with E-state index in [1.54, 1.807) is 24.3 Å². The molecule has 0 fully saturated rings. The highest BCUT2D eigenvalue weighted by molar-refractivity contribution is 6.28. The Labute approximate surface area is 154 Å². The SMILES string of the molecule is NC(=O)C(CCC=O)N1Cc2c(Nc3ccnc(Cl)n3)cccc2C1=O. The van der Waals surface area contributed by atoms with Crippen molar-refractivity contribution in [1.29, 1.82) is 0 Å². The van der Waals surface area contributed by atoms with Gasteiger partial charge in [0.1, 0.15) is 18.1 Å². The first-order valence-electron chi connectivity index (χ1n) is 7.92. The molecule has 1 atom stereocenters. The topological polar surface area (TPSA) is 118 Å². The molecule has 1 aliphatic rings. The Morgan fingerprint density at radius 2 is 2.23 bits per heavy atom. The second-order valence-electron chi connectivity index (χ2n) is 5.76. The van der Waals surface area contributed by atoms with Gasteiger partial charge in [0, 0.05) is 36.0 Å². The van der Waals surface area contributed by atoms with Gasteiger partial charge in [0.2, 0.25) is 11.2 Å². The number of benzene rings is 1. The van der Waals surface area contributed by atoms with E-state index in [4.69, 9.17) is 17.3 Å². The van der Waals surface area contributed by atoms with E-state index >= 15 is 0 Å². The number of primary amides is 1. The number of fused-ring (bicyclic) bond motifs is 1. The Hall–Kier alpha value is -3.00. The molecule has 134 valence electrons. The molecule has 0 spiro atoms. The fourth-order valence-corrected chi connectivity index (χ4v) is 3.09. The smallest absolute Gasteiger partial charge is 0.255 e. The summed E-state index contributed by atoms with van der Waals surface area (Å²) >= 11 is 5.80. The highest BCUT2D eigenvalue weighted by Gasteiger charge is 2.36. The van der Waals surface area contributed by atoms with Gasteiger partial charge < -0.3 is 20.7 Å². The van der Waals surface area contributed by atoms with Crippen LogP contribution in [-0.4, -0.2) is 39.0 Å². The van der Waals surface area contributed by atoms with E-state index in [9.17, 15) is 14.4 Å². The van der Waals surface area contributed by atoms with Crippen molar-refractivity contribution < 1.29 is 14.4 Å². The summed E-state index contributed by atoms with van der Waals surface area (Å²) in [5, 5.41) is 3.21. The number of carbonyl (C=O) groups excluding carboxylic acids is 3. The average molecular weight is 374 g/mol. The number of hydrogen-bond donors (Lipinski definition) is 2. The van der Waals surface area contributed by atoms with E-state index in [2.05, 4.69) is 15.3 Å². The summed E-state index contributed by atoms with van der Waals surface area (Å²) in [5.74, 6) is -0.444. The van der Waals surface area contributed by atoms with Crippen molar-refractivity contribution in [2.24, 2.45) is 5.73 Å². The first kappa shape index (κ1) is 17.8. The monoisotopic (exact) mass is 373 g/mol. The van der Waals surface area contributed by atoms with Crippen LogP contribution in [0.4, 0.5) is 11.5 Å². The predicted molar refractivity (Wildman–Crippen MR) is 94.9 cm³/mol. The quantitative estimate of drug-likeness (QED) is 0.563. The van der Waals surface area contributed by atoms with Gasteiger partial charge in [0.15, 0.2) is 0 Å². The van der Waals surface area contributed by atoms with Crippen molar-refractivity contribution in [2.75, 3.05) is 5.32 Å². The van der Waals surface area contributed by atoms with Gasteiger partial charge in [-0.1, -0.05) is 6.07 Å². The molecule has 2 amide bonds. The molecule has 1 aromatic carbocycles. The van der Waals surface area contributed by atoms with Crippen LogP contribution in [0, 0.1) is 0 Å². The standard InChI is InChI=1S/C17H16ClN5O3/c18-17-20-7-6-14(22-17)21-12-4-1-3-10-11(12)9-23(16(10)26)13(15(19)25)5-2-8-24/h1,3-4,6-8,13H,2,5,9H2,(H2,19,25)(H,20,21,22). The maximum absolute atomic E-state index is 12.7. The second-order valence-corrected chi connectivity index (χ2v) is 6.10. The fourth-order valence-electron chi connectivity index (χ4n) is 2.94. The van der Waals surface area contributed by atoms with E-state index in [0.29, 0.717) is 23.4 Å². The lowest BCUT2D eigenvalue weighted by Gasteiger charge is -2.24. The summed E-state index contributed by atoms with van der Waals surface area (Å²) in [5.41, 5.74) is 7.32. The zero-order valence-electron chi connectivity index (χ0n) is 13.7. The normalized spacial score (nSPS) is 14.0. The molecule has 0 saturated carbocycles. The summed E-state index contributed by atoms with van der Waals surface area (Å²) in [4.78, 5) is 44.4. The van der Waals surface area contributed by atoms with Crippen LogP contribution in [0.1, 0.15) is 28.8 Å². The average Bonchev–Trinajstić information content (AvgIpc) is 2.93. The number of anilines is 2. The molecule has 0 bridgehead atoms. The van der Waals surface area contributed by atoms with Crippen LogP contribution in [-0.2, 0) is 16.1 Å². The van der Waals surface area contributed by atoms with Crippen molar-refractivity contribution in [3.05, 3.63) is 46.9 Å². The van der Waals surface area contributed by atoms with Gasteiger partial charge in [-0.2, -0.15) is 0 Å². The Morgan fingerprint density at radius 1 is 1.42 bits per heavy atom. The van der Waals surface area contributed by atoms with E-state index in [0.717, 1.165) is 5.56 Å². The van der Waals surface area contributed by atoms with Gasteiger partial charge in [-0.15, -0.1) is 0 Å². The Bertz CT molecular complexity index is 873. The Balaban J connectivity index is 1.89. The number of rotatable bonds is 7. The molecule has 8 nitrogen and oxygen atoms in total. The summed E-state index contributed by atoms with van der Waals surface area (Å²) in [6, 6.07) is 6.04. The number of amides is 2. The third-order valence-corrected chi connectivity index (χ3v) is 4.33. The molecule has 2 aromatic rings. The van der Waals surface area contributed by atoms with Crippen LogP contribution in [0.3, 0.4) is 0 Å². The number of nitrogens with one attached hydrogen (secondary N) is 1. The number of nitrogens with two attached hydrogens (primary N) is 1. The molecule has 1 aliphatic heterocycles. The summed E-state index contributed by atoms with van der Waals surface area (Å²) < 4.78 is 0. The third-order valence-electron chi connectivity index (χ3n) is 4.15. The van der Waals surface area contributed by atoms with Crippen LogP contribution in [0.25, 0.3) is 0 Å². The number of hydrogen-bond acceptors (Lipinski definition) is 6. The largest absolute Gasteiger partial charge is 0.368 e. The van der Waals surface area contributed by atoms with Crippen molar-refractivity contribution in [3.8, 4) is 0 Å². The number of halogens is 1. The molecule has 2 heterocycles. The predicted octanol–water partition coefficient (Wildman–Crippen LogP) is 1.66. The molecule has 9 heteroatoms. The number of aldehydes is 1. The molecule has 3 rings (SSSR count). The summed E-state index contributed by atoms with van der Waals surface area (Å²) in [6.45, 7) is 0.211. The summed E-state index contributed by atoms with van der Waals surface area (Å²) in [6.07, 6.45) is 2.57. The highest BCUT2D eigenvalue weighted by atomic mass is 35.5. The third kappa shape index (κ3) is 3.50. The lowest BCUT2D eigenvalue weighted by atomic mass is 10.1. The van der Waals surface area contributed by atoms with Gasteiger partial charge in [-0.25, -0.2) is 9.97 Å². The molecule has 1 aromatic heterocycles. The van der Waals surface area contributed by atoms with E-state index < -0.39 is 11.9 Å². The van der Waals surface area contributed by atoms with Crippen molar-refractivity contribution in [1.82, 2.24) is 14.9 Å². The maximum Gasteiger partial charge on any atom is 0.255 e. The number of carbonyl (C=O) groups is 3. The molecular weight excluding hydrogens is 358 g/mol. The van der Waals surface area contributed by atoms with Crippen molar-refractivity contribution in [2.45, 2.75) is 25.4 Å². The molecule has 26 heavy (non-hydrogen) atoms. The van der Waals surface area contributed by atoms with Gasteiger partial charge >= 0.3 is 0 Å². The summed E-state index contributed by atoms with van der Waals surface area (Å²) in [7, 11) is 0. The van der Waals surface area contributed by atoms with E-state index in [-0.39, 0.29) is 30.6 Å². The number of nitrogens with zero attached hydrogens (tertiary/aromatic N) is 3. The second kappa shape index (κ2) is 7.49. The minimum Gasteiger partial charge on any atom is -0.368 e. The fraction of sp³-hybridized carbons (Fsp3) is 0.235. The molecular formula is C17H16ClN5O3. The minimum atomic E-state index is -0.832. The molecule has 0 saturated heterocycles. The first-order valence-corrected chi connectivity index (χ1v) is 8.30. The number of aromatic nitrogens is 2. The van der Waals surface area contributed by atoms with Crippen molar-refractivity contribution >= 4 is 41.2 Å². The minimum absolute atomic E-state index is 0.0999. The van der Waals surface area contributed by atoms with E-state index in [1.807, 2.05) is 0 Å².